The molecular formula is C9H19NO3. The van der Waals surface area contributed by atoms with Crippen molar-refractivity contribution in [2.75, 3.05) is 33.9 Å². The average molecular weight is 189 g/mol. The Morgan fingerprint density at radius 3 is 2.77 bits per heavy atom. The zero-order chi connectivity index (χ0) is 9.84. The minimum absolute atomic E-state index is 0.102. The van der Waals surface area contributed by atoms with Crippen LogP contribution in [0.5, 0.6) is 0 Å². The van der Waals surface area contributed by atoms with Gasteiger partial charge in [-0.25, -0.2) is 0 Å². The van der Waals surface area contributed by atoms with Crippen molar-refractivity contribution in [2.45, 2.75) is 25.2 Å². The van der Waals surface area contributed by atoms with Gasteiger partial charge in [0, 0.05) is 20.3 Å². The zero-order valence-electron chi connectivity index (χ0n) is 8.56. The molecule has 0 radical (unpaired) electrons. The van der Waals surface area contributed by atoms with Crippen molar-refractivity contribution < 1.29 is 14.6 Å². The standard InChI is InChI=1S/C9H19NO3/c1-4-13-9-7(6-12-3)10(2)5-8(9)11/h7-9,11H,4-6H2,1-3H3/t7-,8-,9-/m1/s1. The van der Waals surface area contributed by atoms with E-state index in [4.69, 9.17) is 9.47 Å². The number of β-amino-alcohol motifs (C(OH)–C–C–N with tert-alkyl or cyclic N) is 1. The van der Waals surface area contributed by atoms with Gasteiger partial charge in [-0.2, -0.15) is 0 Å². The molecule has 0 aliphatic carbocycles. The van der Waals surface area contributed by atoms with Crippen LogP contribution in [0.1, 0.15) is 6.92 Å². The maximum absolute atomic E-state index is 9.67. The van der Waals surface area contributed by atoms with E-state index in [2.05, 4.69) is 4.90 Å². The van der Waals surface area contributed by atoms with Crippen molar-refractivity contribution in [3.05, 3.63) is 0 Å². The normalized spacial score (nSPS) is 35.5. The van der Waals surface area contributed by atoms with Crippen LogP contribution in [-0.4, -0.2) is 62.2 Å². The van der Waals surface area contributed by atoms with Crippen LogP contribution >= 0.6 is 0 Å². The largest absolute Gasteiger partial charge is 0.389 e. The molecule has 1 N–H and O–H groups in total. The van der Waals surface area contributed by atoms with Crippen LogP contribution in [0.4, 0.5) is 0 Å². The lowest BCUT2D eigenvalue weighted by Crippen LogP contribution is -2.39. The summed E-state index contributed by atoms with van der Waals surface area (Å²) in [5, 5.41) is 9.67. The Morgan fingerprint density at radius 2 is 2.23 bits per heavy atom. The fraction of sp³-hybridized carbons (Fsp3) is 1.00. The first-order valence-corrected chi connectivity index (χ1v) is 4.69. The summed E-state index contributed by atoms with van der Waals surface area (Å²) in [6.07, 6.45) is -0.486. The molecule has 4 heteroatoms. The van der Waals surface area contributed by atoms with Gasteiger partial charge in [-0.3, -0.25) is 4.90 Å². The third kappa shape index (κ3) is 2.40. The molecule has 13 heavy (non-hydrogen) atoms. The average Bonchev–Trinajstić information content (AvgIpc) is 2.33. The SMILES string of the molecule is CCO[C@H]1[C@H](O)CN(C)[C@@H]1COC. The zero-order valence-corrected chi connectivity index (χ0v) is 8.56. The third-order valence-corrected chi connectivity index (χ3v) is 2.50. The van der Waals surface area contributed by atoms with Crippen LogP contribution in [0.2, 0.25) is 0 Å². The highest BCUT2D eigenvalue weighted by Crippen LogP contribution is 2.19. The number of rotatable bonds is 4. The van der Waals surface area contributed by atoms with Gasteiger partial charge in [0.1, 0.15) is 6.10 Å². The van der Waals surface area contributed by atoms with Gasteiger partial charge in [0.15, 0.2) is 0 Å². The van der Waals surface area contributed by atoms with Gasteiger partial charge in [0.2, 0.25) is 0 Å². The van der Waals surface area contributed by atoms with E-state index in [1.807, 2.05) is 14.0 Å². The maximum atomic E-state index is 9.67. The minimum Gasteiger partial charge on any atom is -0.389 e. The highest BCUT2D eigenvalue weighted by Gasteiger charge is 2.39. The molecule has 0 unspecified atom stereocenters. The molecule has 1 aliphatic heterocycles. The Morgan fingerprint density at radius 1 is 1.54 bits per heavy atom. The second-order valence-electron chi connectivity index (χ2n) is 3.45. The number of nitrogens with zero attached hydrogens (tertiary/aromatic N) is 1. The van der Waals surface area contributed by atoms with E-state index in [1.54, 1.807) is 7.11 Å². The van der Waals surface area contributed by atoms with Crippen molar-refractivity contribution in [3.63, 3.8) is 0 Å². The molecule has 0 spiro atoms. The number of methoxy groups -OCH3 is 1. The monoisotopic (exact) mass is 189 g/mol. The lowest BCUT2D eigenvalue weighted by molar-refractivity contribution is -0.0350. The highest BCUT2D eigenvalue weighted by atomic mass is 16.5. The first kappa shape index (κ1) is 10.9. The summed E-state index contributed by atoms with van der Waals surface area (Å²) in [6, 6.07) is 0.181. The molecule has 0 amide bonds. The van der Waals surface area contributed by atoms with Crippen LogP contribution in [0.15, 0.2) is 0 Å². The summed E-state index contributed by atoms with van der Waals surface area (Å²) in [5.41, 5.74) is 0. The Kier molecular flexibility index (Phi) is 4.12. The molecule has 1 heterocycles. The number of aliphatic hydroxyl groups excluding tert-OH is 1. The molecule has 0 bridgehead atoms. The number of hydrogen-bond donors (Lipinski definition) is 1. The van der Waals surface area contributed by atoms with E-state index in [-0.39, 0.29) is 18.2 Å². The fourth-order valence-electron chi connectivity index (χ4n) is 1.85. The van der Waals surface area contributed by atoms with E-state index >= 15 is 0 Å². The number of aliphatic hydroxyl groups is 1. The van der Waals surface area contributed by atoms with Crippen LogP contribution in [0.3, 0.4) is 0 Å². The van der Waals surface area contributed by atoms with Gasteiger partial charge < -0.3 is 14.6 Å². The second kappa shape index (κ2) is 4.91. The summed E-state index contributed by atoms with van der Waals surface area (Å²) in [4.78, 5) is 2.08. The fourth-order valence-corrected chi connectivity index (χ4v) is 1.85. The minimum atomic E-state index is -0.384. The number of ether oxygens (including phenoxy) is 2. The predicted octanol–water partition coefficient (Wildman–Crippen LogP) is -0.287. The van der Waals surface area contributed by atoms with Crippen molar-refractivity contribution in [1.29, 1.82) is 0 Å². The molecule has 1 saturated heterocycles. The van der Waals surface area contributed by atoms with Crippen LogP contribution in [0.25, 0.3) is 0 Å². The van der Waals surface area contributed by atoms with Crippen molar-refractivity contribution in [1.82, 2.24) is 4.90 Å². The van der Waals surface area contributed by atoms with Crippen LogP contribution in [0, 0.1) is 0 Å². The number of likely N-dealkylation sites (tertiary alicyclic amines) is 1. The number of hydrogen-bond acceptors (Lipinski definition) is 4. The Balaban J connectivity index is 2.54. The Labute approximate surface area is 79.4 Å². The summed E-state index contributed by atoms with van der Waals surface area (Å²) < 4.78 is 10.6. The molecular weight excluding hydrogens is 170 g/mol. The lowest BCUT2D eigenvalue weighted by atomic mass is 10.1. The first-order valence-electron chi connectivity index (χ1n) is 4.69. The van der Waals surface area contributed by atoms with Crippen LogP contribution < -0.4 is 0 Å². The molecule has 1 aliphatic rings. The van der Waals surface area contributed by atoms with Gasteiger partial charge in [-0.05, 0) is 14.0 Å². The summed E-state index contributed by atoms with van der Waals surface area (Å²) >= 11 is 0. The van der Waals surface area contributed by atoms with E-state index in [0.29, 0.717) is 19.8 Å². The Hall–Kier alpha value is -0.160. The predicted molar refractivity (Wildman–Crippen MR) is 49.7 cm³/mol. The molecule has 0 aromatic rings. The molecule has 0 aromatic heterocycles. The van der Waals surface area contributed by atoms with Crippen molar-refractivity contribution >= 4 is 0 Å². The van der Waals surface area contributed by atoms with Crippen molar-refractivity contribution in [3.8, 4) is 0 Å². The van der Waals surface area contributed by atoms with Crippen LogP contribution in [-0.2, 0) is 9.47 Å². The maximum Gasteiger partial charge on any atom is 0.102 e. The molecule has 3 atom stereocenters. The lowest BCUT2D eigenvalue weighted by Gasteiger charge is -2.24. The molecule has 1 rings (SSSR count). The van der Waals surface area contributed by atoms with Gasteiger partial charge >= 0.3 is 0 Å². The van der Waals surface area contributed by atoms with E-state index in [1.165, 1.54) is 0 Å². The van der Waals surface area contributed by atoms with E-state index < -0.39 is 0 Å². The first-order chi connectivity index (χ1) is 6.20. The Bertz CT molecular complexity index is 138. The topological polar surface area (TPSA) is 41.9 Å². The van der Waals surface area contributed by atoms with E-state index in [0.717, 1.165) is 0 Å². The van der Waals surface area contributed by atoms with Crippen molar-refractivity contribution in [2.24, 2.45) is 0 Å². The quantitative estimate of drug-likeness (QED) is 0.660. The highest BCUT2D eigenvalue weighted by molar-refractivity contribution is 4.92. The smallest absolute Gasteiger partial charge is 0.102 e. The molecule has 0 saturated carbocycles. The number of likely N-dealkylation sites (N-methyl/N-ethyl adjacent to an activating group) is 1. The van der Waals surface area contributed by atoms with Gasteiger partial charge in [0.05, 0.1) is 18.8 Å². The summed E-state index contributed by atoms with van der Waals surface area (Å²) in [5.74, 6) is 0. The summed E-state index contributed by atoms with van der Waals surface area (Å²) in [7, 11) is 3.65. The molecule has 78 valence electrons. The molecule has 4 nitrogen and oxygen atoms in total. The third-order valence-electron chi connectivity index (χ3n) is 2.50. The van der Waals surface area contributed by atoms with Gasteiger partial charge in [0.25, 0.3) is 0 Å². The second-order valence-corrected chi connectivity index (χ2v) is 3.45. The molecule has 1 fully saturated rings. The molecule has 0 aromatic carbocycles. The van der Waals surface area contributed by atoms with Gasteiger partial charge in [-0.1, -0.05) is 0 Å². The summed E-state index contributed by atoms with van der Waals surface area (Å²) in [6.45, 7) is 3.85. The van der Waals surface area contributed by atoms with E-state index in [9.17, 15) is 5.11 Å². The van der Waals surface area contributed by atoms with Gasteiger partial charge in [-0.15, -0.1) is 0 Å².